The normalized spacial score (nSPS) is 20.0. The van der Waals surface area contributed by atoms with Gasteiger partial charge in [-0.05, 0) is 31.9 Å². The van der Waals surface area contributed by atoms with Crippen molar-refractivity contribution in [3.05, 3.63) is 33.9 Å². The summed E-state index contributed by atoms with van der Waals surface area (Å²) in [6.45, 7) is 3.09. The Morgan fingerprint density at radius 1 is 1.38 bits per heavy atom. The third kappa shape index (κ3) is 3.99. The van der Waals surface area contributed by atoms with Crippen LogP contribution in [-0.4, -0.2) is 32.5 Å². The van der Waals surface area contributed by atoms with Gasteiger partial charge in [-0.1, -0.05) is 12.5 Å². The summed E-state index contributed by atoms with van der Waals surface area (Å²) in [5.41, 5.74) is 0.273. The van der Waals surface area contributed by atoms with Crippen molar-refractivity contribution in [1.82, 2.24) is 10.0 Å². The number of nitro groups is 1. The summed E-state index contributed by atoms with van der Waals surface area (Å²) in [4.78, 5) is 10.2. The van der Waals surface area contributed by atoms with E-state index in [1.165, 1.54) is 12.1 Å². The van der Waals surface area contributed by atoms with E-state index in [4.69, 9.17) is 0 Å². The van der Waals surface area contributed by atoms with Gasteiger partial charge in [0, 0.05) is 24.7 Å². The summed E-state index contributed by atoms with van der Waals surface area (Å²) in [6, 6.07) is 3.69. The molecule has 0 spiro atoms. The number of non-ortho nitro benzene ring substituents is 1. The molecule has 0 radical (unpaired) electrons. The lowest BCUT2D eigenvalue weighted by atomic mass is 10.2. The van der Waals surface area contributed by atoms with Crippen LogP contribution in [0.2, 0.25) is 0 Å². The van der Waals surface area contributed by atoms with Crippen molar-refractivity contribution < 1.29 is 13.3 Å². The summed E-state index contributed by atoms with van der Waals surface area (Å²) in [5, 5.41) is 14.0. The molecule has 1 aliphatic rings. The summed E-state index contributed by atoms with van der Waals surface area (Å²) in [5.74, 6) is 0. The quantitative estimate of drug-likeness (QED) is 0.645. The zero-order chi connectivity index (χ0) is 15.5. The van der Waals surface area contributed by atoms with E-state index < -0.39 is 14.9 Å². The van der Waals surface area contributed by atoms with Crippen LogP contribution in [-0.2, 0) is 10.0 Å². The van der Waals surface area contributed by atoms with Crippen LogP contribution in [0.25, 0.3) is 0 Å². The summed E-state index contributed by atoms with van der Waals surface area (Å²) < 4.78 is 27.5. The zero-order valence-corrected chi connectivity index (χ0v) is 12.6. The maximum Gasteiger partial charge on any atom is 0.270 e. The van der Waals surface area contributed by atoms with Gasteiger partial charge in [0.1, 0.15) is 0 Å². The summed E-state index contributed by atoms with van der Waals surface area (Å²) in [6.07, 6.45) is 2.74. The van der Waals surface area contributed by atoms with Crippen LogP contribution < -0.4 is 10.0 Å². The van der Waals surface area contributed by atoms with Crippen molar-refractivity contribution in [2.45, 2.75) is 37.1 Å². The molecule has 8 heteroatoms. The number of nitrogens with one attached hydrogen (secondary N) is 2. The maximum atomic E-state index is 12.4. The van der Waals surface area contributed by atoms with Crippen LogP contribution >= 0.6 is 0 Å². The third-order valence-electron chi connectivity index (χ3n) is 3.54. The molecule has 0 amide bonds. The average molecular weight is 313 g/mol. The molecule has 1 aliphatic heterocycles. The van der Waals surface area contributed by atoms with Gasteiger partial charge in [-0.25, -0.2) is 13.1 Å². The smallest absolute Gasteiger partial charge is 0.270 e. The molecule has 1 heterocycles. The lowest BCUT2D eigenvalue weighted by molar-refractivity contribution is -0.385. The molecule has 0 bridgehead atoms. The Balaban J connectivity index is 2.26. The molecule has 0 aromatic heterocycles. The number of nitro benzene ring substituents is 1. The second-order valence-corrected chi connectivity index (χ2v) is 6.91. The molecular formula is C13H19N3O4S. The highest BCUT2D eigenvalue weighted by Gasteiger charge is 2.24. The van der Waals surface area contributed by atoms with E-state index in [0.29, 0.717) is 12.1 Å². The van der Waals surface area contributed by atoms with Crippen LogP contribution in [0.4, 0.5) is 5.69 Å². The minimum Gasteiger partial charge on any atom is -0.315 e. The maximum absolute atomic E-state index is 12.4. The molecule has 2 N–H and O–H groups in total. The fraction of sp³-hybridized carbons (Fsp3) is 0.538. The number of benzene rings is 1. The largest absolute Gasteiger partial charge is 0.315 e. The first-order valence-corrected chi connectivity index (χ1v) is 8.36. The Labute approximate surface area is 123 Å². The highest BCUT2D eigenvalue weighted by molar-refractivity contribution is 7.89. The lowest BCUT2D eigenvalue weighted by Gasteiger charge is -2.17. The van der Waals surface area contributed by atoms with Crippen molar-refractivity contribution in [3.63, 3.8) is 0 Å². The molecule has 21 heavy (non-hydrogen) atoms. The van der Waals surface area contributed by atoms with Gasteiger partial charge in [-0.2, -0.15) is 0 Å². The van der Waals surface area contributed by atoms with Crippen molar-refractivity contribution in [3.8, 4) is 0 Å². The molecule has 0 aliphatic carbocycles. The fourth-order valence-electron chi connectivity index (χ4n) is 2.39. The monoisotopic (exact) mass is 313 g/mol. The fourth-order valence-corrected chi connectivity index (χ4v) is 3.93. The highest BCUT2D eigenvalue weighted by Crippen LogP contribution is 2.22. The van der Waals surface area contributed by atoms with Gasteiger partial charge < -0.3 is 5.32 Å². The van der Waals surface area contributed by atoms with E-state index in [2.05, 4.69) is 10.0 Å². The number of nitrogens with zero attached hydrogens (tertiary/aromatic N) is 1. The molecule has 1 atom stereocenters. The number of rotatable bonds is 4. The summed E-state index contributed by atoms with van der Waals surface area (Å²) >= 11 is 0. The minimum absolute atomic E-state index is 0.0269. The molecule has 116 valence electrons. The number of aryl methyl sites for hydroxylation is 1. The Hall–Kier alpha value is -1.51. The van der Waals surface area contributed by atoms with E-state index in [-0.39, 0.29) is 16.6 Å². The van der Waals surface area contributed by atoms with Gasteiger partial charge in [-0.3, -0.25) is 10.1 Å². The van der Waals surface area contributed by atoms with Gasteiger partial charge >= 0.3 is 0 Å². The van der Waals surface area contributed by atoms with E-state index in [1.54, 1.807) is 6.92 Å². The van der Waals surface area contributed by atoms with Gasteiger partial charge in [0.05, 0.1) is 9.82 Å². The van der Waals surface area contributed by atoms with Crippen LogP contribution in [0.3, 0.4) is 0 Å². The molecule has 1 aromatic rings. The van der Waals surface area contributed by atoms with Crippen molar-refractivity contribution in [2.75, 3.05) is 13.1 Å². The third-order valence-corrected chi connectivity index (χ3v) is 5.20. The van der Waals surface area contributed by atoms with E-state index in [0.717, 1.165) is 31.9 Å². The number of hydrogen-bond acceptors (Lipinski definition) is 5. The van der Waals surface area contributed by atoms with Crippen LogP contribution in [0.15, 0.2) is 23.1 Å². The first kappa shape index (κ1) is 15.9. The average Bonchev–Trinajstić information content (AvgIpc) is 2.66. The van der Waals surface area contributed by atoms with Crippen molar-refractivity contribution in [1.29, 1.82) is 0 Å². The second kappa shape index (κ2) is 6.50. The molecule has 2 rings (SSSR count). The Morgan fingerprint density at radius 3 is 2.86 bits per heavy atom. The Kier molecular flexibility index (Phi) is 4.92. The summed E-state index contributed by atoms with van der Waals surface area (Å²) in [7, 11) is -3.76. The standard InChI is InChI=1S/C13H19N3O4S/c1-10-5-6-12(16(17)18)8-13(10)21(19,20)15-11-4-2-3-7-14-9-11/h5-6,8,11,14-15H,2-4,7,9H2,1H3. The topological polar surface area (TPSA) is 101 Å². The number of sulfonamides is 1. The van der Waals surface area contributed by atoms with Crippen molar-refractivity contribution >= 4 is 15.7 Å². The highest BCUT2D eigenvalue weighted by atomic mass is 32.2. The van der Waals surface area contributed by atoms with E-state index in [1.807, 2.05) is 0 Å². The SMILES string of the molecule is Cc1ccc([N+](=O)[O-])cc1S(=O)(=O)NC1CCCCNC1. The predicted octanol–water partition coefficient (Wildman–Crippen LogP) is 1.32. The van der Waals surface area contributed by atoms with Crippen LogP contribution in [0, 0.1) is 17.0 Å². The van der Waals surface area contributed by atoms with Gasteiger partial charge in [-0.15, -0.1) is 0 Å². The lowest BCUT2D eigenvalue weighted by Crippen LogP contribution is -2.40. The van der Waals surface area contributed by atoms with Gasteiger partial charge in [0.25, 0.3) is 5.69 Å². The Morgan fingerprint density at radius 2 is 2.14 bits per heavy atom. The molecule has 1 saturated heterocycles. The molecule has 0 saturated carbocycles. The predicted molar refractivity (Wildman–Crippen MR) is 78.7 cm³/mol. The second-order valence-electron chi connectivity index (χ2n) is 5.23. The molecule has 1 fully saturated rings. The number of hydrogen-bond donors (Lipinski definition) is 2. The van der Waals surface area contributed by atoms with Gasteiger partial charge in [0.15, 0.2) is 0 Å². The van der Waals surface area contributed by atoms with Gasteiger partial charge in [0.2, 0.25) is 10.0 Å². The zero-order valence-electron chi connectivity index (χ0n) is 11.8. The first-order chi connectivity index (χ1) is 9.90. The van der Waals surface area contributed by atoms with E-state index in [9.17, 15) is 18.5 Å². The molecule has 1 aromatic carbocycles. The minimum atomic E-state index is -3.76. The molecule has 1 unspecified atom stereocenters. The van der Waals surface area contributed by atoms with E-state index >= 15 is 0 Å². The molecular weight excluding hydrogens is 294 g/mol. The first-order valence-electron chi connectivity index (χ1n) is 6.88. The van der Waals surface area contributed by atoms with Crippen molar-refractivity contribution in [2.24, 2.45) is 0 Å². The van der Waals surface area contributed by atoms with Crippen LogP contribution in [0.1, 0.15) is 24.8 Å². The molecule has 7 nitrogen and oxygen atoms in total. The Bertz CT molecular complexity index is 622. The van der Waals surface area contributed by atoms with Crippen LogP contribution in [0.5, 0.6) is 0 Å².